The SMILES string of the molecule is CCOc1cc([N+](=O)[O-])cc(C=NNC(=O)COc2c(C)cc(I)cc2C)c1O. The standard InChI is InChI=1S/C19H20IN3O6/c1-4-28-16-8-15(23(26)27)7-13(18(16)25)9-21-22-17(24)10-29-19-11(2)5-14(20)6-12(19)3/h5-9,25H,4,10H2,1-3H3,(H,22,24). The van der Waals surface area contributed by atoms with E-state index in [0.29, 0.717) is 5.75 Å². The number of hydrogen-bond acceptors (Lipinski definition) is 7. The quantitative estimate of drug-likeness (QED) is 0.241. The summed E-state index contributed by atoms with van der Waals surface area (Å²) in [4.78, 5) is 22.4. The van der Waals surface area contributed by atoms with Crippen LogP contribution < -0.4 is 14.9 Å². The molecule has 2 N–H and O–H groups in total. The molecule has 2 aromatic rings. The van der Waals surface area contributed by atoms with Crippen LogP contribution in [0.15, 0.2) is 29.4 Å². The summed E-state index contributed by atoms with van der Waals surface area (Å²) in [5, 5.41) is 24.9. The highest BCUT2D eigenvalue weighted by Crippen LogP contribution is 2.33. The van der Waals surface area contributed by atoms with Gasteiger partial charge in [0.05, 0.1) is 23.8 Å². The Morgan fingerprint density at radius 1 is 1.28 bits per heavy atom. The predicted molar refractivity (Wildman–Crippen MR) is 116 cm³/mol. The van der Waals surface area contributed by atoms with E-state index in [0.717, 1.165) is 33.0 Å². The number of hydrogen-bond donors (Lipinski definition) is 2. The minimum absolute atomic E-state index is 0.0354. The molecule has 0 saturated carbocycles. The fourth-order valence-corrected chi connectivity index (χ4v) is 3.49. The zero-order valence-corrected chi connectivity index (χ0v) is 18.2. The van der Waals surface area contributed by atoms with Crippen molar-refractivity contribution in [3.8, 4) is 17.2 Å². The number of aromatic hydroxyl groups is 1. The molecule has 0 aliphatic carbocycles. The highest BCUT2D eigenvalue weighted by atomic mass is 127. The van der Waals surface area contributed by atoms with Crippen LogP contribution >= 0.6 is 22.6 Å². The maximum absolute atomic E-state index is 12.0. The number of phenolic OH excluding ortho intramolecular Hbond substituents is 1. The second-order valence-electron chi connectivity index (χ2n) is 6.02. The summed E-state index contributed by atoms with van der Waals surface area (Å²) in [6.07, 6.45) is 1.10. The maximum Gasteiger partial charge on any atom is 0.277 e. The minimum atomic E-state index is -0.614. The first kappa shape index (κ1) is 22.4. The van der Waals surface area contributed by atoms with Crippen molar-refractivity contribution in [2.45, 2.75) is 20.8 Å². The number of nitro benzene ring substituents is 1. The fourth-order valence-electron chi connectivity index (χ4n) is 2.55. The fraction of sp³-hybridized carbons (Fsp3) is 0.263. The molecule has 0 unspecified atom stereocenters. The number of non-ortho nitro benzene ring substituents is 1. The molecule has 10 heteroatoms. The van der Waals surface area contributed by atoms with Crippen LogP contribution in [0, 0.1) is 27.5 Å². The number of rotatable bonds is 8. The van der Waals surface area contributed by atoms with Gasteiger partial charge in [0, 0.05) is 15.2 Å². The lowest BCUT2D eigenvalue weighted by molar-refractivity contribution is -0.385. The van der Waals surface area contributed by atoms with E-state index < -0.39 is 10.8 Å². The number of nitrogens with one attached hydrogen (secondary N) is 1. The van der Waals surface area contributed by atoms with Crippen LogP contribution in [-0.4, -0.2) is 35.4 Å². The third-order valence-electron chi connectivity index (χ3n) is 3.77. The van der Waals surface area contributed by atoms with Crippen molar-refractivity contribution in [2.24, 2.45) is 5.10 Å². The van der Waals surface area contributed by atoms with Crippen molar-refractivity contribution in [1.82, 2.24) is 5.43 Å². The Kier molecular flexibility index (Phi) is 7.76. The molecule has 0 heterocycles. The van der Waals surface area contributed by atoms with Crippen LogP contribution in [0.5, 0.6) is 17.2 Å². The van der Waals surface area contributed by atoms with Crippen molar-refractivity contribution in [1.29, 1.82) is 0 Å². The van der Waals surface area contributed by atoms with Crippen molar-refractivity contribution in [3.05, 3.63) is 54.6 Å². The Morgan fingerprint density at radius 2 is 1.93 bits per heavy atom. The lowest BCUT2D eigenvalue weighted by atomic mass is 10.1. The third-order valence-corrected chi connectivity index (χ3v) is 4.39. The number of carbonyl (C=O) groups excluding carboxylic acids is 1. The molecule has 0 aromatic heterocycles. The average Bonchev–Trinajstić information content (AvgIpc) is 2.63. The van der Waals surface area contributed by atoms with E-state index in [-0.39, 0.29) is 36.0 Å². The number of hydrazone groups is 1. The van der Waals surface area contributed by atoms with Crippen molar-refractivity contribution < 1.29 is 24.3 Å². The van der Waals surface area contributed by atoms with E-state index >= 15 is 0 Å². The van der Waals surface area contributed by atoms with Crippen LogP contribution in [0.25, 0.3) is 0 Å². The first-order valence-electron chi connectivity index (χ1n) is 8.58. The van der Waals surface area contributed by atoms with Crippen LogP contribution in [0.2, 0.25) is 0 Å². The van der Waals surface area contributed by atoms with Gasteiger partial charge in [-0.3, -0.25) is 14.9 Å². The highest BCUT2D eigenvalue weighted by molar-refractivity contribution is 14.1. The van der Waals surface area contributed by atoms with Gasteiger partial charge in [0.1, 0.15) is 5.75 Å². The van der Waals surface area contributed by atoms with Crippen molar-refractivity contribution >= 4 is 40.4 Å². The van der Waals surface area contributed by atoms with Crippen LogP contribution in [-0.2, 0) is 4.79 Å². The summed E-state index contributed by atoms with van der Waals surface area (Å²) in [5.41, 5.74) is 3.85. The average molecular weight is 513 g/mol. The van der Waals surface area contributed by atoms with Crippen molar-refractivity contribution in [3.63, 3.8) is 0 Å². The summed E-state index contributed by atoms with van der Waals surface area (Å²) in [5.74, 6) is -0.241. The van der Waals surface area contributed by atoms with Gasteiger partial charge in [0.25, 0.3) is 11.6 Å². The molecule has 0 aliphatic rings. The summed E-state index contributed by atoms with van der Waals surface area (Å²) in [6, 6.07) is 6.14. The van der Waals surface area contributed by atoms with Gasteiger partial charge in [-0.25, -0.2) is 5.43 Å². The van der Waals surface area contributed by atoms with Gasteiger partial charge < -0.3 is 14.6 Å². The number of carbonyl (C=O) groups is 1. The molecule has 1 amide bonds. The van der Waals surface area contributed by atoms with Crippen molar-refractivity contribution in [2.75, 3.05) is 13.2 Å². The van der Waals surface area contributed by atoms with Gasteiger partial charge >= 0.3 is 0 Å². The predicted octanol–water partition coefficient (Wildman–Crippen LogP) is 3.45. The zero-order valence-electron chi connectivity index (χ0n) is 16.1. The second kappa shape index (κ2) is 10.0. The lowest BCUT2D eigenvalue weighted by Crippen LogP contribution is -2.25. The third kappa shape index (κ3) is 6.04. The number of halogens is 1. The van der Waals surface area contributed by atoms with Gasteiger partial charge in [-0.05, 0) is 66.6 Å². The topological polar surface area (TPSA) is 123 Å². The largest absolute Gasteiger partial charge is 0.504 e. The molecule has 0 radical (unpaired) electrons. The number of ether oxygens (including phenoxy) is 2. The molecule has 0 spiro atoms. The van der Waals surface area contributed by atoms with E-state index in [9.17, 15) is 20.0 Å². The summed E-state index contributed by atoms with van der Waals surface area (Å²) in [6.45, 7) is 5.42. The Balaban J connectivity index is 2.06. The zero-order chi connectivity index (χ0) is 21.6. The molecule has 154 valence electrons. The number of nitrogens with zero attached hydrogens (tertiary/aromatic N) is 2. The molecule has 29 heavy (non-hydrogen) atoms. The molecular weight excluding hydrogens is 493 g/mol. The molecule has 9 nitrogen and oxygen atoms in total. The van der Waals surface area contributed by atoms with E-state index in [1.165, 1.54) is 0 Å². The maximum atomic E-state index is 12.0. The number of nitro groups is 1. The van der Waals surface area contributed by atoms with Gasteiger partial charge in [0.2, 0.25) is 0 Å². The highest BCUT2D eigenvalue weighted by Gasteiger charge is 2.16. The smallest absolute Gasteiger partial charge is 0.277 e. The number of amides is 1. The van der Waals surface area contributed by atoms with Crippen LogP contribution in [0.1, 0.15) is 23.6 Å². The van der Waals surface area contributed by atoms with Gasteiger partial charge in [-0.2, -0.15) is 5.10 Å². The molecular formula is C19H20IN3O6. The van der Waals surface area contributed by atoms with E-state index in [4.69, 9.17) is 9.47 Å². The van der Waals surface area contributed by atoms with Gasteiger partial charge in [-0.15, -0.1) is 0 Å². The molecule has 0 fully saturated rings. The van der Waals surface area contributed by atoms with Crippen LogP contribution in [0.3, 0.4) is 0 Å². The lowest BCUT2D eigenvalue weighted by Gasteiger charge is -2.12. The van der Waals surface area contributed by atoms with Gasteiger partial charge in [0.15, 0.2) is 18.1 Å². The monoisotopic (exact) mass is 513 g/mol. The Labute approximate surface area is 181 Å². The summed E-state index contributed by atoms with van der Waals surface area (Å²) in [7, 11) is 0. The molecule has 0 saturated heterocycles. The normalized spacial score (nSPS) is 10.8. The van der Waals surface area contributed by atoms with Crippen LogP contribution in [0.4, 0.5) is 5.69 Å². The Hall–Kier alpha value is -2.89. The molecule has 0 atom stereocenters. The van der Waals surface area contributed by atoms with E-state index in [1.54, 1.807) is 6.92 Å². The summed E-state index contributed by atoms with van der Waals surface area (Å²) < 4.78 is 11.8. The molecule has 2 aromatic carbocycles. The number of benzene rings is 2. The first-order chi connectivity index (χ1) is 13.7. The Morgan fingerprint density at radius 3 is 2.52 bits per heavy atom. The molecule has 2 rings (SSSR count). The second-order valence-corrected chi connectivity index (χ2v) is 7.27. The number of phenols is 1. The summed E-state index contributed by atoms with van der Waals surface area (Å²) >= 11 is 2.20. The van der Waals surface area contributed by atoms with E-state index in [2.05, 4.69) is 33.1 Å². The molecule has 0 aliphatic heterocycles. The Bertz CT molecular complexity index is 938. The van der Waals surface area contributed by atoms with E-state index in [1.807, 2.05) is 26.0 Å². The molecule has 0 bridgehead atoms. The van der Waals surface area contributed by atoms with Gasteiger partial charge in [-0.1, -0.05) is 0 Å². The minimum Gasteiger partial charge on any atom is -0.504 e. The first-order valence-corrected chi connectivity index (χ1v) is 9.66. The number of aryl methyl sites for hydroxylation is 2.